The number of amides is 2. The molecule has 0 heterocycles. The van der Waals surface area contributed by atoms with Crippen LogP contribution in [0.4, 0.5) is 16.2 Å². The lowest BCUT2D eigenvalue weighted by Gasteiger charge is -2.13. The quantitative estimate of drug-likeness (QED) is 0.738. The number of carbonyl (C=O) groups is 2. The zero-order valence-electron chi connectivity index (χ0n) is 14.7. The van der Waals surface area contributed by atoms with Gasteiger partial charge in [-0.1, -0.05) is 17.7 Å². The second-order valence-corrected chi connectivity index (χ2v) is 5.86. The molecular weight excluding hydrogens is 356 g/mol. The molecule has 6 nitrogen and oxygen atoms in total. The summed E-state index contributed by atoms with van der Waals surface area (Å²) in [6.45, 7) is 4.07. The summed E-state index contributed by atoms with van der Waals surface area (Å²) in [5.41, 5.74) is 1.95. The summed E-state index contributed by atoms with van der Waals surface area (Å²) in [7, 11) is 0. The summed E-state index contributed by atoms with van der Waals surface area (Å²) in [5.74, 6) is 0.467. The van der Waals surface area contributed by atoms with E-state index in [1.807, 2.05) is 0 Å². The molecule has 0 atom stereocenters. The molecule has 0 spiro atoms. The number of nitrogens with one attached hydrogen (secondary N) is 2. The maximum atomic E-state index is 12.1. The first kappa shape index (κ1) is 19.6. The van der Waals surface area contributed by atoms with Crippen LogP contribution in [0.2, 0.25) is 5.02 Å². The summed E-state index contributed by atoms with van der Waals surface area (Å²) in [6.07, 6.45) is -0.340. The summed E-state index contributed by atoms with van der Waals surface area (Å²) in [6, 6.07) is 12.2. The molecule has 7 heteroatoms. The highest BCUT2D eigenvalue weighted by molar-refractivity contribution is 6.30. The first-order chi connectivity index (χ1) is 12.5. The van der Waals surface area contributed by atoms with E-state index in [-0.39, 0.29) is 25.5 Å². The average Bonchev–Trinajstić information content (AvgIpc) is 2.60. The smallest absolute Gasteiger partial charge is 0.411 e. The van der Waals surface area contributed by atoms with Gasteiger partial charge in [0.1, 0.15) is 5.75 Å². The maximum absolute atomic E-state index is 12.1. The van der Waals surface area contributed by atoms with E-state index >= 15 is 0 Å². The molecule has 0 unspecified atom stereocenters. The molecule has 0 aliphatic heterocycles. The van der Waals surface area contributed by atoms with Gasteiger partial charge in [0.15, 0.2) is 0 Å². The highest BCUT2D eigenvalue weighted by atomic mass is 35.5. The largest absolute Gasteiger partial charge is 0.493 e. The Morgan fingerprint density at radius 2 is 1.69 bits per heavy atom. The Morgan fingerprint density at radius 3 is 2.35 bits per heavy atom. The number of halogens is 1. The first-order valence-electron chi connectivity index (χ1n) is 8.21. The van der Waals surface area contributed by atoms with Crippen LogP contribution in [0.15, 0.2) is 42.5 Å². The second kappa shape index (κ2) is 9.68. The van der Waals surface area contributed by atoms with Gasteiger partial charge in [0.05, 0.1) is 19.6 Å². The maximum Gasteiger partial charge on any atom is 0.411 e. The predicted molar refractivity (Wildman–Crippen MR) is 102 cm³/mol. The number of anilines is 2. The molecule has 0 radical (unpaired) electrons. The Morgan fingerprint density at radius 1 is 1.04 bits per heavy atom. The molecule has 2 rings (SSSR count). The van der Waals surface area contributed by atoms with Crippen molar-refractivity contribution in [3.8, 4) is 5.75 Å². The number of hydrogen-bond donors (Lipinski definition) is 2. The summed E-state index contributed by atoms with van der Waals surface area (Å²) >= 11 is 5.81. The monoisotopic (exact) mass is 376 g/mol. The Balaban J connectivity index is 1.88. The second-order valence-electron chi connectivity index (χ2n) is 5.42. The van der Waals surface area contributed by atoms with Crippen molar-refractivity contribution in [2.24, 2.45) is 0 Å². The number of hydrogen-bond acceptors (Lipinski definition) is 4. The molecule has 2 N–H and O–H groups in total. The third-order valence-corrected chi connectivity index (χ3v) is 3.78. The summed E-state index contributed by atoms with van der Waals surface area (Å²) in [4.78, 5) is 23.7. The van der Waals surface area contributed by atoms with Crippen LogP contribution < -0.4 is 15.4 Å². The zero-order valence-corrected chi connectivity index (χ0v) is 15.4. The number of carbonyl (C=O) groups excluding carboxylic acids is 2. The van der Waals surface area contributed by atoms with Gasteiger partial charge in [-0.05, 0) is 55.8 Å². The normalized spacial score (nSPS) is 10.1. The zero-order chi connectivity index (χ0) is 18.9. The van der Waals surface area contributed by atoms with E-state index in [1.165, 1.54) is 0 Å². The minimum Gasteiger partial charge on any atom is -0.493 e. The minimum absolute atomic E-state index is 0.185. The standard InChI is InChI=1S/C19H21ClN2O4/c1-3-25-19(24)22-17-6-4-5-16(13(17)2)21-18(23)11-12-26-15-9-7-14(20)8-10-15/h4-10H,3,11-12H2,1-2H3,(H,21,23)(H,22,24). The van der Waals surface area contributed by atoms with Gasteiger partial charge in [-0.15, -0.1) is 0 Å². The molecule has 2 amide bonds. The van der Waals surface area contributed by atoms with E-state index in [0.717, 1.165) is 5.56 Å². The van der Waals surface area contributed by atoms with E-state index in [0.29, 0.717) is 22.1 Å². The van der Waals surface area contributed by atoms with E-state index in [4.69, 9.17) is 21.1 Å². The molecule has 138 valence electrons. The van der Waals surface area contributed by atoms with Crippen molar-refractivity contribution in [1.82, 2.24) is 0 Å². The molecule has 2 aromatic rings. The predicted octanol–water partition coefficient (Wildman–Crippen LogP) is 4.62. The van der Waals surface area contributed by atoms with Crippen molar-refractivity contribution in [2.45, 2.75) is 20.3 Å². The van der Waals surface area contributed by atoms with Crippen LogP contribution in [0.3, 0.4) is 0 Å². The number of rotatable bonds is 7. The Labute approximate surface area is 157 Å². The Kier molecular flexibility index (Phi) is 7.29. The van der Waals surface area contributed by atoms with Crippen LogP contribution in [0.25, 0.3) is 0 Å². The van der Waals surface area contributed by atoms with Crippen LogP contribution in [-0.4, -0.2) is 25.2 Å². The number of benzene rings is 2. The fourth-order valence-corrected chi connectivity index (χ4v) is 2.31. The van der Waals surface area contributed by atoms with Crippen molar-refractivity contribution >= 4 is 35.0 Å². The summed E-state index contributed by atoms with van der Waals surface area (Å²) in [5, 5.41) is 6.09. The van der Waals surface area contributed by atoms with Gasteiger partial charge in [0, 0.05) is 16.4 Å². The van der Waals surface area contributed by atoms with Crippen LogP contribution in [-0.2, 0) is 9.53 Å². The first-order valence-corrected chi connectivity index (χ1v) is 8.59. The Hall–Kier alpha value is -2.73. The van der Waals surface area contributed by atoms with Gasteiger partial charge in [-0.3, -0.25) is 10.1 Å². The lowest BCUT2D eigenvalue weighted by molar-refractivity contribution is -0.116. The minimum atomic E-state index is -0.532. The topological polar surface area (TPSA) is 76.7 Å². The lowest BCUT2D eigenvalue weighted by Crippen LogP contribution is -2.17. The molecule has 0 fully saturated rings. The average molecular weight is 377 g/mol. The lowest BCUT2D eigenvalue weighted by atomic mass is 10.1. The molecular formula is C19H21ClN2O4. The van der Waals surface area contributed by atoms with Crippen molar-refractivity contribution in [1.29, 1.82) is 0 Å². The Bertz CT molecular complexity index is 763. The van der Waals surface area contributed by atoms with Gasteiger partial charge in [0.2, 0.25) is 5.91 Å². The van der Waals surface area contributed by atoms with Gasteiger partial charge < -0.3 is 14.8 Å². The highest BCUT2D eigenvalue weighted by Crippen LogP contribution is 2.23. The molecule has 2 aromatic carbocycles. The van der Waals surface area contributed by atoms with Crippen molar-refractivity contribution < 1.29 is 19.1 Å². The van der Waals surface area contributed by atoms with Crippen LogP contribution in [0.5, 0.6) is 5.75 Å². The van der Waals surface area contributed by atoms with E-state index in [2.05, 4.69) is 10.6 Å². The van der Waals surface area contributed by atoms with Gasteiger partial charge >= 0.3 is 6.09 Å². The van der Waals surface area contributed by atoms with Crippen LogP contribution in [0, 0.1) is 6.92 Å². The molecule has 0 saturated heterocycles. The van der Waals surface area contributed by atoms with E-state index < -0.39 is 6.09 Å². The third-order valence-electron chi connectivity index (χ3n) is 3.53. The van der Waals surface area contributed by atoms with Crippen LogP contribution >= 0.6 is 11.6 Å². The van der Waals surface area contributed by atoms with Crippen molar-refractivity contribution in [2.75, 3.05) is 23.8 Å². The molecule has 0 aromatic heterocycles. The van der Waals surface area contributed by atoms with Crippen molar-refractivity contribution in [3.63, 3.8) is 0 Å². The van der Waals surface area contributed by atoms with Gasteiger partial charge in [-0.2, -0.15) is 0 Å². The number of ether oxygens (including phenoxy) is 2. The molecule has 26 heavy (non-hydrogen) atoms. The van der Waals surface area contributed by atoms with E-state index in [1.54, 1.807) is 56.3 Å². The summed E-state index contributed by atoms with van der Waals surface area (Å²) < 4.78 is 10.4. The third kappa shape index (κ3) is 5.97. The fraction of sp³-hybridized carbons (Fsp3) is 0.263. The van der Waals surface area contributed by atoms with Gasteiger partial charge in [0.25, 0.3) is 0 Å². The molecule has 0 saturated carbocycles. The fourth-order valence-electron chi connectivity index (χ4n) is 2.19. The van der Waals surface area contributed by atoms with Crippen LogP contribution in [0.1, 0.15) is 18.9 Å². The highest BCUT2D eigenvalue weighted by Gasteiger charge is 2.10. The van der Waals surface area contributed by atoms with Gasteiger partial charge in [-0.25, -0.2) is 4.79 Å². The van der Waals surface area contributed by atoms with E-state index in [9.17, 15) is 9.59 Å². The molecule has 0 aliphatic rings. The van der Waals surface area contributed by atoms with Crippen molar-refractivity contribution in [3.05, 3.63) is 53.1 Å². The molecule has 0 bridgehead atoms. The molecule has 0 aliphatic carbocycles. The SMILES string of the molecule is CCOC(=O)Nc1cccc(NC(=O)CCOc2ccc(Cl)cc2)c1C.